The highest BCUT2D eigenvalue weighted by Crippen LogP contribution is 2.29. The second-order valence-corrected chi connectivity index (χ2v) is 7.00. The van der Waals surface area contributed by atoms with Crippen LogP contribution >= 0.6 is 23.8 Å². The Morgan fingerprint density at radius 2 is 1.48 bits per heavy atom. The molecule has 2 aromatic carbocycles. The Labute approximate surface area is 182 Å². The van der Waals surface area contributed by atoms with Crippen LogP contribution in [0.15, 0.2) is 12.1 Å². The first kappa shape index (κ1) is 23.8. The molecule has 0 saturated carbocycles. The number of thiocarbonyl (C=S) groups is 1. The van der Waals surface area contributed by atoms with Gasteiger partial charge in [-0.1, -0.05) is 23.8 Å². The van der Waals surface area contributed by atoms with Crippen LogP contribution in [-0.4, -0.2) is 17.1 Å². The van der Waals surface area contributed by atoms with Gasteiger partial charge in [0.25, 0.3) is 0 Å². The van der Waals surface area contributed by atoms with Crippen LogP contribution in [-0.2, 0) is 0 Å². The van der Waals surface area contributed by atoms with Gasteiger partial charge in [-0.2, -0.15) is 15.8 Å². The van der Waals surface area contributed by atoms with Gasteiger partial charge in [0.2, 0.25) is 5.82 Å². The summed E-state index contributed by atoms with van der Waals surface area (Å²) in [7, 11) is 0. The fraction of sp³-hybridized carbons (Fsp3) is 0.158. The number of hydrogen-bond donors (Lipinski definition) is 1. The third-order valence-corrected chi connectivity index (χ3v) is 4.50. The molecule has 2 rings (SSSR count). The lowest BCUT2D eigenvalue weighted by Crippen LogP contribution is -2.49. The van der Waals surface area contributed by atoms with Gasteiger partial charge in [0.1, 0.15) is 29.5 Å². The van der Waals surface area contributed by atoms with Gasteiger partial charge < -0.3 is 10.1 Å². The number of nitrogens with zero attached hydrogens (tertiary/aromatic N) is 3. The summed E-state index contributed by atoms with van der Waals surface area (Å²) in [5.74, 6) is -11.2. The Hall–Kier alpha value is -3.46. The number of ether oxygens (including phenoxy) is 1. The molecule has 0 aliphatic carbocycles. The molecule has 1 atom stereocenters. The van der Waals surface area contributed by atoms with Crippen molar-refractivity contribution in [1.29, 1.82) is 15.8 Å². The Morgan fingerprint density at radius 3 is 1.97 bits per heavy atom. The molecule has 1 N–H and O–H groups in total. The number of benzene rings is 2. The lowest BCUT2D eigenvalue weighted by molar-refractivity contribution is 0.251. The maximum absolute atomic E-state index is 14.0. The van der Waals surface area contributed by atoms with E-state index in [1.807, 2.05) is 0 Å². The summed E-state index contributed by atoms with van der Waals surface area (Å²) in [5, 5.41) is 29.6. The maximum atomic E-state index is 14.0. The zero-order valence-electron chi connectivity index (χ0n) is 15.3. The highest BCUT2D eigenvalue weighted by Gasteiger charge is 2.32. The molecule has 158 valence electrons. The smallest absolute Gasteiger partial charge is 0.200 e. The summed E-state index contributed by atoms with van der Waals surface area (Å²) < 4.78 is 73.3. The molecule has 0 spiro atoms. The van der Waals surface area contributed by atoms with E-state index >= 15 is 0 Å². The van der Waals surface area contributed by atoms with Crippen molar-refractivity contribution in [3.05, 3.63) is 62.9 Å². The third-order valence-electron chi connectivity index (χ3n) is 3.90. The normalized spacial score (nSPS) is 12.1. The molecule has 0 fully saturated rings. The Kier molecular flexibility index (Phi) is 7.02. The van der Waals surface area contributed by atoms with Crippen molar-refractivity contribution in [3.63, 3.8) is 0 Å². The first-order valence-electron chi connectivity index (χ1n) is 8.01. The molecule has 0 aliphatic rings. The van der Waals surface area contributed by atoms with Crippen molar-refractivity contribution in [1.82, 2.24) is 5.32 Å². The lowest BCUT2D eigenvalue weighted by Gasteiger charge is -2.25. The molecule has 0 radical (unpaired) electrons. The van der Waals surface area contributed by atoms with Crippen molar-refractivity contribution in [2.75, 3.05) is 6.61 Å². The van der Waals surface area contributed by atoms with Gasteiger partial charge in [-0.15, -0.1) is 0 Å². The quantitative estimate of drug-likeness (QED) is 0.301. The van der Waals surface area contributed by atoms with Crippen molar-refractivity contribution >= 4 is 28.8 Å². The zero-order valence-corrected chi connectivity index (χ0v) is 16.9. The molecular formula is C19H8ClF5N4OS. The molecular weight excluding hydrogens is 463 g/mol. The van der Waals surface area contributed by atoms with Crippen LogP contribution < -0.4 is 10.1 Å². The Balaban J connectivity index is 2.32. The van der Waals surface area contributed by atoms with Crippen LogP contribution in [0.1, 0.15) is 23.6 Å². The molecule has 0 amide bonds. The van der Waals surface area contributed by atoms with Gasteiger partial charge in [-0.25, -0.2) is 22.0 Å². The SMILES string of the molecule is C[C@@](C#N)(COc1cc(C#N)c(C#N)cc1Cl)NC(=S)c1c(F)c(F)c(F)c(F)c1F. The van der Waals surface area contributed by atoms with E-state index in [-0.39, 0.29) is 21.9 Å². The highest BCUT2D eigenvalue weighted by atomic mass is 35.5. The van der Waals surface area contributed by atoms with Gasteiger partial charge in [-0.05, 0) is 13.0 Å². The Bertz CT molecular complexity index is 1190. The summed E-state index contributed by atoms with van der Waals surface area (Å²) in [6.45, 7) is 0.601. The van der Waals surface area contributed by atoms with E-state index in [9.17, 15) is 27.2 Å². The zero-order chi connectivity index (χ0) is 23.5. The fourth-order valence-corrected chi connectivity index (χ4v) is 2.91. The summed E-state index contributed by atoms with van der Waals surface area (Å²) in [6.07, 6.45) is 0. The first-order chi connectivity index (χ1) is 14.5. The van der Waals surface area contributed by atoms with Gasteiger partial charge in [0, 0.05) is 6.07 Å². The minimum absolute atomic E-state index is 0.0199. The summed E-state index contributed by atoms with van der Waals surface area (Å²) in [4.78, 5) is -0.927. The predicted octanol–water partition coefficient (Wildman–Crippen LogP) is 4.41. The van der Waals surface area contributed by atoms with Gasteiger partial charge >= 0.3 is 0 Å². The first-order valence-corrected chi connectivity index (χ1v) is 8.80. The van der Waals surface area contributed by atoms with E-state index in [2.05, 4.69) is 5.32 Å². The lowest BCUT2D eigenvalue weighted by atomic mass is 10.0. The van der Waals surface area contributed by atoms with E-state index < -0.39 is 51.8 Å². The van der Waals surface area contributed by atoms with Crippen LogP contribution in [0.2, 0.25) is 5.02 Å². The molecule has 12 heteroatoms. The van der Waals surface area contributed by atoms with Crippen LogP contribution in [0, 0.1) is 63.1 Å². The molecule has 0 unspecified atom stereocenters. The van der Waals surface area contributed by atoms with Crippen molar-refractivity contribution in [2.45, 2.75) is 12.5 Å². The highest BCUT2D eigenvalue weighted by molar-refractivity contribution is 7.80. The van der Waals surface area contributed by atoms with Crippen LogP contribution in [0.5, 0.6) is 5.75 Å². The number of nitriles is 3. The van der Waals surface area contributed by atoms with E-state index in [0.29, 0.717) is 0 Å². The predicted molar refractivity (Wildman–Crippen MR) is 101 cm³/mol. The number of hydrogen-bond acceptors (Lipinski definition) is 5. The standard InChI is InChI=1S/C19H8ClF5N4OS/c1-19(6-28,7-30-11-3-9(5-27)8(4-26)2-10(11)20)29-18(31)12-13(21)15(23)17(25)16(24)14(12)22/h2-3H,7H2,1H3,(H,29,31)/t19-/m1/s1. The van der Waals surface area contributed by atoms with Crippen LogP contribution in [0.3, 0.4) is 0 Å². The van der Waals surface area contributed by atoms with Gasteiger partial charge in [0.15, 0.2) is 28.8 Å². The molecule has 0 bridgehead atoms. The molecule has 0 saturated heterocycles. The maximum Gasteiger partial charge on any atom is 0.200 e. The molecule has 31 heavy (non-hydrogen) atoms. The summed E-state index contributed by atoms with van der Waals surface area (Å²) in [5.41, 5.74) is -3.31. The average Bonchev–Trinajstić information content (AvgIpc) is 2.75. The monoisotopic (exact) mass is 470 g/mol. The number of rotatable bonds is 5. The molecule has 0 aliphatic heterocycles. The topological polar surface area (TPSA) is 92.6 Å². The molecule has 0 heterocycles. The third kappa shape index (κ3) is 4.66. The second kappa shape index (κ2) is 9.13. The second-order valence-electron chi connectivity index (χ2n) is 6.18. The Morgan fingerprint density at radius 1 is 1.00 bits per heavy atom. The van der Waals surface area contributed by atoms with E-state index in [0.717, 1.165) is 12.1 Å². The van der Waals surface area contributed by atoms with Crippen molar-refractivity contribution in [3.8, 4) is 24.0 Å². The summed E-state index contributed by atoms with van der Waals surface area (Å²) in [6, 6.07) is 7.53. The molecule has 5 nitrogen and oxygen atoms in total. The van der Waals surface area contributed by atoms with Gasteiger partial charge in [-0.3, -0.25) is 0 Å². The summed E-state index contributed by atoms with van der Waals surface area (Å²) >= 11 is 10.7. The average molecular weight is 471 g/mol. The number of nitrogens with one attached hydrogen (secondary N) is 1. The molecule has 2 aromatic rings. The van der Waals surface area contributed by atoms with Crippen molar-refractivity contribution in [2.24, 2.45) is 0 Å². The fourth-order valence-electron chi connectivity index (χ4n) is 2.28. The minimum Gasteiger partial charge on any atom is -0.488 e. The van der Waals surface area contributed by atoms with Crippen molar-refractivity contribution < 1.29 is 26.7 Å². The van der Waals surface area contributed by atoms with Crippen LogP contribution in [0.25, 0.3) is 0 Å². The van der Waals surface area contributed by atoms with E-state index in [1.54, 1.807) is 18.2 Å². The molecule has 0 aromatic heterocycles. The van der Waals surface area contributed by atoms with E-state index in [4.69, 9.17) is 39.1 Å². The van der Waals surface area contributed by atoms with E-state index in [1.165, 1.54) is 6.92 Å². The minimum atomic E-state index is -2.35. The largest absolute Gasteiger partial charge is 0.488 e. The van der Waals surface area contributed by atoms with Gasteiger partial charge in [0.05, 0.1) is 27.8 Å². The number of halogens is 6. The van der Waals surface area contributed by atoms with Crippen LogP contribution in [0.4, 0.5) is 22.0 Å².